The number of para-hydroxylation sites is 1. The van der Waals surface area contributed by atoms with Crippen molar-refractivity contribution in [2.75, 3.05) is 19.7 Å². The van der Waals surface area contributed by atoms with Crippen molar-refractivity contribution in [3.63, 3.8) is 0 Å². The predicted molar refractivity (Wildman–Crippen MR) is 135 cm³/mol. The second-order valence-electron chi connectivity index (χ2n) is 9.01. The molecule has 1 aliphatic rings. The number of benzene rings is 2. The highest BCUT2D eigenvalue weighted by atomic mass is 35.5. The van der Waals surface area contributed by atoms with Crippen molar-refractivity contribution in [2.45, 2.75) is 52.7 Å². The maximum absolute atomic E-state index is 13.2. The molecule has 0 spiro atoms. The van der Waals surface area contributed by atoms with E-state index in [1.165, 1.54) is 11.3 Å². The summed E-state index contributed by atoms with van der Waals surface area (Å²) in [6.45, 7) is 9.63. The molecule has 1 aliphatic heterocycles. The minimum atomic E-state index is -0.0499. The van der Waals surface area contributed by atoms with Crippen LogP contribution in [-0.2, 0) is 24.3 Å². The van der Waals surface area contributed by atoms with E-state index >= 15 is 0 Å². The lowest BCUT2D eigenvalue weighted by atomic mass is 10.0. The van der Waals surface area contributed by atoms with Gasteiger partial charge in [-0.1, -0.05) is 42.8 Å². The van der Waals surface area contributed by atoms with E-state index < -0.39 is 0 Å². The lowest BCUT2D eigenvalue weighted by Crippen LogP contribution is -2.40. The average Bonchev–Trinajstić information content (AvgIpc) is 3.19. The van der Waals surface area contributed by atoms with E-state index in [-0.39, 0.29) is 18.6 Å². The quantitative estimate of drug-likeness (QED) is 0.427. The SMILES string of the molecule is CCCN1CCc2c(c(CN(C(=O)COc3ccccc3)C(C)C)nn2-c2cccc(Cl)c2)C1. The molecule has 0 aliphatic carbocycles. The van der Waals surface area contributed by atoms with Gasteiger partial charge in [-0.15, -0.1) is 0 Å². The topological polar surface area (TPSA) is 50.6 Å². The third-order valence-electron chi connectivity index (χ3n) is 6.18. The minimum Gasteiger partial charge on any atom is -0.484 e. The van der Waals surface area contributed by atoms with E-state index in [0.29, 0.717) is 17.3 Å². The molecule has 2 aromatic carbocycles. The Kier molecular flexibility index (Phi) is 7.91. The summed E-state index contributed by atoms with van der Waals surface area (Å²) < 4.78 is 7.76. The van der Waals surface area contributed by atoms with E-state index in [9.17, 15) is 4.79 Å². The standard InChI is InChI=1S/C27H33ClN4O2/c1-4-14-30-15-13-26-24(17-30)25(29-32(26)22-10-8-9-21(28)16-22)18-31(20(2)3)27(33)19-34-23-11-6-5-7-12-23/h5-12,16,20H,4,13-15,17-19H2,1-3H3. The molecule has 0 fully saturated rings. The summed E-state index contributed by atoms with van der Waals surface area (Å²) in [6.07, 6.45) is 2.03. The fourth-order valence-corrected chi connectivity index (χ4v) is 4.65. The van der Waals surface area contributed by atoms with E-state index in [1.807, 2.05) is 78.0 Å². The lowest BCUT2D eigenvalue weighted by molar-refractivity contribution is -0.135. The number of carbonyl (C=O) groups excluding carboxylic acids is 1. The third-order valence-corrected chi connectivity index (χ3v) is 6.42. The third kappa shape index (κ3) is 5.62. The molecule has 0 saturated carbocycles. The van der Waals surface area contributed by atoms with Gasteiger partial charge in [0, 0.05) is 36.1 Å². The molecule has 2 heterocycles. The van der Waals surface area contributed by atoms with Crippen LogP contribution in [0.15, 0.2) is 54.6 Å². The highest BCUT2D eigenvalue weighted by Gasteiger charge is 2.28. The molecular formula is C27H33ClN4O2. The fourth-order valence-electron chi connectivity index (χ4n) is 4.46. The first kappa shape index (κ1) is 24.3. The number of fused-ring (bicyclic) bond motifs is 1. The van der Waals surface area contributed by atoms with E-state index in [1.54, 1.807) is 0 Å². The van der Waals surface area contributed by atoms with Gasteiger partial charge in [0.05, 0.1) is 23.6 Å². The van der Waals surface area contributed by atoms with Crippen LogP contribution in [0, 0.1) is 0 Å². The van der Waals surface area contributed by atoms with Gasteiger partial charge in [0.1, 0.15) is 5.75 Å². The number of amides is 1. The summed E-state index contributed by atoms with van der Waals surface area (Å²) in [4.78, 5) is 17.5. The Bertz CT molecular complexity index is 1110. The number of rotatable bonds is 9. The average molecular weight is 481 g/mol. The number of aromatic nitrogens is 2. The van der Waals surface area contributed by atoms with E-state index in [2.05, 4.69) is 11.8 Å². The minimum absolute atomic E-state index is 0.00133. The first-order valence-electron chi connectivity index (χ1n) is 12.0. The summed E-state index contributed by atoms with van der Waals surface area (Å²) in [5.41, 5.74) is 4.33. The summed E-state index contributed by atoms with van der Waals surface area (Å²) in [5, 5.41) is 5.70. The van der Waals surface area contributed by atoms with Crippen molar-refractivity contribution in [1.29, 1.82) is 0 Å². The zero-order chi connectivity index (χ0) is 24.1. The number of halogens is 1. The molecule has 0 atom stereocenters. The van der Waals surface area contributed by atoms with Crippen molar-refractivity contribution in [2.24, 2.45) is 0 Å². The molecule has 3 aromatic rings. The molecule has 0 bridgehead atoms. The number of ether oxygens (including phenoxy) is 1. The van der Waals surface area contributed by atoms with Crippen LogP contribution in [0.2, 0.25) is 5.02 Å². The van der Waals surface area contributed by atoms with Crippen LogP contribution in [0.5, 0.6) is 5.75 Å². The molecule has 0 N–H and O–H groups in total. The molecule has 180 valence electrons. The Balaban J connectivity index is 1.61. The Morgan fingerprint density at radius 1 is 1.18 bits per heavy atom. The maximum atomic E-state index is 13.2. The van der Waals surface area contributed by atoms with Crippen LogP contribution in [0.1, 0.15) is 44.1 Å². The first-order chi connectivity index (χ1) is 16.5. The zero-order valence-electron chi connectivity index (χ0n) is 20.2. The van der Waals surface area contributed by atoms with Gasteiger partial charge in [-0.2, -0.15) is 5.10 Å². The Hall–Kier alpha value is -2.83. The molecule has 0 radical (unpaired) electrons. The molecular weight excluding hydrogens is 448 g/mol. The first-order valence-corrected chi connectivity index (χ1v) is 12.4. The number of hydrogen-bond acceptors (Lipinski definition) is 4. The Labute approximate surface area is 207 Å². The zero-order valence-corrected chi connectivity index (χ0v) is 21.0. The van der Waals surface area contributed by atoms with Crippen LogP contribution in [0.4, 0.5) is 0 Å². The Morgan fingerprint density at radius 3 is 2.68 bits per heavy atom. The van der Waals surface area contributed by atoms with Gasteiger partial charge in [0.2, 0.25) is 0 Å². The van der Waals surface area contributed by atoms with Gasteiger partial charge in [-0.25, -0.2) is 4.68 Å². The second-order valence-corrected chi connectivity index (χ2v) is 9.44. The molecule has 34 heavy (non-hydrogen) atoms. The largest absolute Gasteiger partial charge is 0.484 e. The molecule has 7 heteroatoms. The van der Waals surface area contributed by atoms with E-state index in [4.69, 9.17) is 21.4 Å². The van der Waals surface area contributed by atoms with Gasteiger partial charge >= 0.3 is 0 Å². The molecule has 1 aromatic heterocycles. The summed E-state index contributed by atoms with van der Waals surface area (Å²) in [7, 11) is 0. The lowest BCUT2D eigenvalue weighted by Gasteiger charge is -2.29. The van der Waals surface area contributed by atoms with Gasteiger partial charge in [-0.3, -0.25) is 9.69 Å². The van der Waals surface area contributed by atoms with Crippen LogP contribution in [0.3, 0.4) is 0 Å². The molecule has 1 amide bonds. The summed E-state index contributed by atoms with van der Waals surface area (Å²) in [5.74, 6) is 0.642. The normalized spacial score (nSPS) is 13.7. The molecule has 6 nitrogen and oxygen atoms in total. The smallest absolute Gasteiger partial charge is 0.261 e. The summed E-state index contributed by atoms with van der Waals surface area (Å²) in [6, 6.07) is 17.3. The van der Waals surface area contributed by atoms with Crippen LogP contribution < -0.4 is 4.74 Å². The van der Waals surface area contributed by atoms with Crippen molar-refractivity contribution < 1.29 is 9.53 Å². The van der Waals surface area contributed by atoms with Crippen molar-refractivity contribution >= 4 is 17.5 Å². The molecule has 0 unspecified atom stereocenters. The van der Waals surface area contributed by atoms with E-state index in [0.717, 1.165) is 43.9 Å². The second kappa shape index (κ2) is 11.1. The highest BCUT2D eigenvalue weighted by Crippen LogP contribution is 2.28. The van der Waals surface area contributed by atoms with Gasteiger partial charge < -0.3 is 9.64 Å². The molecule has 0 saturated heterocycles. The van der Waals surface area contributed by atoms with Crippen molar-refractivity contribution in [3.05, 3.63) is 76.6 Å². The maximum Gasteiger partial charge on any atom is 0.261 e. The van der Waals surface area contributed by atoms with Crippen molar-refractivity contribution in [1.82, 2.24) is 19.6 Å². The van der Waals surface area contributed by atoms with Gasteiger partial charge in [-0.05, 0) is 57.1 Å². The fraction of sp³-hybridized carbons (Fsp3) is 0.407. The monoisotopic (exact) mass is 480 g/mol. The summed E-state index contributed by atoms with van der Waals surface area (Å²) >= 11 is 6.29. The Morgan fingerprint density at radius 2 is 1.97 bits per heavy atom. The van der Waals surface area contributed by atoms with Crippen LogP contribution in [-0.4, -0.2) is 51.2 Å². The highest BCUT2D eigenvalue weighted by molar-refractivity contribution is 6.30. The predicted octanol–water partition coefficient (Wildman–Crippen LogP) is 5.11. The number of nitrogens with zero attached hydrogens (tertiary/aromatic N) is 4. The van der Waals surface area contributed by atoms with Gasteiger partial charge in [0.25, 0.3) is 5.91 Å². The van der Waals surface area contributed by atoms with Crippen molar-refractivity contribution in [3.8, 4) is 11.4 Å². The molecule has 4 rings (SSSR count). The van der Waals surface area contributed by atoms with Crippen LogP contribution >= 0.6 is 11.6 Å². The number of carbonyl (C=O) groups is 1. The van der Waals surface area contributed by atoms with Crippen LogP contribution in [0.25, 0.3) is 5.69 Å². The number of hydrogen-bond donors (Lipinski definition) is 0. The van der Waals surface area contributed by atoms with Gasteiger partial charge in [0.15, 0.2) is 6.61 Å².